The van der Waals surface area contributed by atoms with Crippen molar-refractivity contribution in [3.8, 4) is 0 Å². The second-order valence-electron chi connectivity index (χ2n) is 5.55. The number of hydrogen-bond acceptors (Lipinski definition) is 1. The third-order valence-corrected chi connectivity index (χ3v) is 5.84. The topological polar surface area (TPSA) is 20.2 Å². The Balaban J connectivity index is 2.00. The van der Waals surface area contributed by atoms with Crippen LogP contribution >= 0.6 is 15.9 Å². The highest BCUT2D eigenvalue weighted by Crippen LogP contribution is 2.52. The molecule has 1 saturated carbocycles. The first kappa shape index (κ1) is 11.0. The van der Waals surface area contributed by atoms with Gasteiger partial charge >= 0.3 is 0 Å². The molecule has 0 spiro atoms. The largest absolute Gasteiger partial charge is 0.391 e. The van der Waals surface area contributed by atoms with Gasteiger partial charge in [0.1, 0.15) is 0 Å². The van der Waals surface area contributed by atoms with Crippen molar-refractivity contribution >= 4 is 26.7 Å². The Kier molecular flexibility index (Phi) is 2.33. The van der Waals surface area contributed by atoms with Gasteiger partial charge < -0.3 is 5.11 Å². The van der Waals surface area contributed by atoms with Crippen molar-refractivity contribution in [1.82, 2.24) is 0 Å². The Labute approximate surface area is 115 Å². The third kappa shape index (κ3) is 1.36. The summed E-state index contributed by atoms with van der Waals surface area (Å²) in [7, 11) is 0. The fraction of sp³-hybridized carbons (Fsp3) is 0.375. The highest BCUT2D eigenvalue weighted by atomic mass is 79.9. The van der Waals surface area contributed by atoms with E-state index in [4.69, 9.17) is 0 Å². The minimum atomic E-state index is -0.225. The van der Waals surface area contributed by atoms with Crippen LogP contribution in [0, 0.1) is 0 Å². The maximum atomic E-state index is 10.3. The van der Waals surface area contributed by atoms with E-state index in [2.05, 4.69) is 52.3 Å². The van der Waals surface area contributed by atoms with Crippen LogP contribution in [0.15, 0.2) is 36.4 Å². The van der Waals surface area contributed by atoms with E-state index >= 15 is 0 Å². The molecule has 0 aromatic heterocycles. The molecule has 3 aliphatic rings. The van der Waals surface area contributed by atoms with E-state index in [1.807, 2.05) is 0 Å². The zero-order chi connectivity index (χ0) is 12.3. The fourth-order valence-corrected chi connectivity index (χ4v) is 4.65. The maximum absolute atomic E-state index is 10.3. The van der Waals surface area contributed by atoms with Crippen molar-refractivity contribution in [3.63, 3.8) is 0 Å². The lowest BCUT2D eigenvalue weighted by atomic mass is 9.65. The van der Waals surface area contributed by atoms with Gasteiger partial charge in [-0.25, -0.2) is 0 Å². The number of aliphatic hydroxyl groups excluding tert-OH is 1. The standard InChI is InChI=1S/C16H15BrO/c17-15-11-5-6-12(16(15)18)14-8-10-4-2-1-3-9(10)7-13(11)14/h1-4,7-8,11-12,15-16,18H,5-6H2. The first-order valence-electron chi connectivity index (χ1n) is 6.60. The van der Waals surface area contributed by atoms with Crippen molar-refractivity contribution in [2.75, 3.05) is 0 Å². The van der Waals surface area contributed by atoms with E-state index in [1.54, 1.807) is 0 Å². The van der Waals surface area contributed by atoms with E-state index in [0.29, 0.717) is 11.8 Å². The lowest BCUT2D eigenvalue weighted by molar-refractivity contribution is 0.0931. The van der Waals surface area contributed by atoms with Crippen molar-refractivity contribution in [2.45, 2.75) is 35.6 Å². The molecule has 4 unspecified atom stereocenters. The number of halogens is 1. The fourth-order valence-electron chi connectivity index (χ4n) is 3.73. The Morgan fingerprint density at radius 1 is 0.944 bits per heavy atom. The molecule has 2 heteroatoms. The summed E-state index contributed by atoms with van der Waals surface area (Å²) in [6, 6.07) is 13.1. The molecular formula is C16H15BrO. The average molecular weight is 303 g/mol. The Morgan fingerprint density at radius 2 is 1.50 bits per heavy atom. The summed E-state index contributed by atoms with van der Waals surface area (Å²) in [5.41, 5.74) is 2.84. The summed E-state index contributed by atoms with van der Waals surface area (Å²) >= 11 is 3.69. The van der Waals surface area contributed by atoms with Crippen LogP contribution in [0.25, 0.3) is 10.8 Å². The lowest BCUT2D eigenvalue weighted by Crippen LogP contribution is -2.42. The van der Waals surface area contributed by atoms with Crippen LogP contribution in [0.2, 0.25) is 0 Å². The lowest BCUT2D eigenvalue weighted by Gasteiger charge is -2.45. The van der Waals surface area contributed by atoms with Crippen LogP contribution in [-0.4, -0.2) is 16.0 Å². The molecule has 0 aliphatic heterocycles. The molecule has 3 aliphatic carbocycles. The minimum absolute atomic E-state index is 0.225. The summed E-state index contributed by atoms with van der Waals surface area (Å²) in [6.07, 6.45) is 2.10. The SMILES string of the molecule is OC1C2CCC(c3cc4ccccc4cc32)C1Br. The van der Waals surface area contributed by atoms with Crippen molar-refractivity contribution < 1.29 is 5.11 Å². The van der Waals surface area contributed by atoms with Crippen LogP contribution < -0.4 is 0 Å². The van der Waals surface area contributed by atoms with Gasteiger partial charge in [-0.15, -0.1) is 0 Å². The molecule has 1 N–H and O–H groups in total. The number of fused-ring (bicyclic) bond motifs is 3. The van der Waals surface area contributed by atoms with Gasteiger partial charge in [0.2, 0.25) is 0 Å². The van der Waals surface area contributed by atoms with Crippen molar-refractivity contribution in [3.05, 3.63) is 47.5 Å². The normalized spacial score (nSPS) is 33.7. The van der Waals surface area contributed by atoms with Crippen LogP contribution in [0.1, 0.15) is 35.8 Å². The molecule has 0 saturated heterocycles. The molecule has 92 valence electrons. The number of alkyl halides is 1. The molecule has 0 radical (unpaired) electrons. The van der Waals surface area contributed by atoms with Gasteiger partial charge in [0.05, 0.1) is 6.10 Å². The Morgan fingerprint density at radius 3 is 2.17 bits per heavy atom. The minimum Gasteiger partial charge on any atom is -0.391 e. The quantitative estimate of drug-likeness (QED) is 0.731. The van der Waals surface area contributed by atoms with E-state index < -0.39 is 0 Å². The first-order valence-corrected chi connectivity index (χ1v) is 7.52. The molecular weight excluding hydrogens is 288 g/mol. The summed E-state index contributed by atoms with van der Waals surface area (Å²) in [4.78, 5) is 0.227. The number of aliphatic hydroxyl groups is 1. The van der Waals surface area contributed by atoms with Gasteiger partial charge in [-0.1, -0.05) is 52.3 Å². The van der Waals surface area contributed by atoms with Gasteiger partial charge in [0.25, 0.3) is 0 Å². The van der Waals surface area contributed by atoms with Gasteiger partial charge in [0, 0.05) is 10.7 Å². The van der Waals surface area contributed by atoms with Crippen LogP contribution in [0.3, 0.4) is 0 Å². The summed E-state index contributed by atoms with van der Waals surface area (Å²) in [6.45, 7) is 0. The predicted molar refractivity (Wildman–Crippen MR) is 77.4 cm³/mol. The number of hydrogen-bond donors (Lipinski definition) is 1. The molecule has 1 fully saturated rings. The molecule has 0 amide bonds. The van der Waals surface area contributed by atoms with Crippen molar-refractivity contribution in [2.24, 2.45) is 0 Å². The highest BCUT2D eigenvalue weighted by molar-refractivity contribution is 9.09. The second kappa shape index (κ2) is 3.82. The van der Waals surface area contributed by atoms with Crippen molar-refractivity contribution in [1.29, 1.82) is 0 Å². The van der Waals surface area contributed by atoms with E-state index in [1.165, 1.54) is 28.3 Å². The van der Waals surface area contributed by atoms with E-state index in [9.17, 15) is 5.11 Å². The zero-order valence-electron chi connectivity index (χ0n) is 10.0. The van der Waals surface area contributed by atoms with E-state index in [-0.39, 0.29) is 10.9 Å². The molecule has 1 nitrogen and oxygen atoms in total. The van der Waals surface area contributed by atoms with Crippen LogP contribution in [0.4, 0.5) is 0 Å². The smallest absolute Gasteiger partial charge is 0.0739 e. The van der Waals surface area contributed by atoms with Gasteiger partial charge in [-0.05, 0) is 40.7 Å². The number of rotatable bonds is 0. The molecule has 2 aromatic rings. The van der Waals surface area contributed by atoms with Gasteiger partial charge in [0.15, 0.2) is 0 Å². The Hall–Kier alpha value is -0.860. The molecule has 2 bridgehead atoms. The van der Waals surface area contributed by atoms with Gasteiger partial charge in [-0.2, -0.15) is 0 Å². The van der Waals surface area contributed by atoms with Gasteiger partial charge in [-0.3, -0.25) is 0 Å². The maximum Gasteiger partial charge on any atom is 0.0739 e. The Bertz CT molecular complexity index is 567. The first-order chi connectivity index (χ1) is 8.75. The van der Waals surface area contributed by atoms with Crippen LogP contribution in [-0.2, 0) is 0 Å². The summed E-state index contributed by atoms with van der Waals surface area (Å²) in [5.74, 6) is 0.795. The molecule has 4 atom stereocenters. The average Bonchev–Trinajstić information content (AvgIpc) is 2.41. The second-order valence-corrected chi connectivity index (χ2v) is 6.61. The predicted octanol–water partition coefficient (Wildman–Crippen LogP) is 3.94. The van der Waals surface area contributed by atoms with E-state index in [0.717, 1.165) is 6.42 Å². The third-order valence-electron chi connectivity index (χ3n) is 4.66. The monoisotopic (exact) mass is 302 g/mol. The molecule has 18 heavy (non-hydrogen) atoms. The summed E-state index contributed by atoms with van der Waals surface area (Å²) < 4.78 is 0. The molecule has 5 rings (SSSR count). The molecule has 0 heterocycles. The highest BCUT2D eigenvalue weighted by Gasteiger charge is 2.44. The molecule has 2 aromatic carbocycles. The van der Waals surface area contributed by atoms with Crippen LogP contribution in [0.5, 0.6) is 0 Å². The number of benzene rings is 2. The zero-order valence-corrected chi connectivity index (χ0v) is 11.6. The summed E-state index contributed by atoms with van der Waals surface area (Å²) in [5, 5.41) is 13.0.